The molecule has 0 fully saturated rings. The average molecular weight is 250 g/mol. The molecule has 0 aliphatic carbocycles. The highest BCUT2D eigenvalue weighted by atomic mass is 19.1. The third-order valence-electron chi connectivity index (χ3n) is 2.64. The fraction of sp³-hybridized carbons (Fsp3) is 0.385. The van der Waals surface area contributed by atoms with Crippen molar-refractivity contribution in [2.24, 2.45) is 0 Å². The lowest BCUT2D eigenvalue weighted by molar-refractivity contribution is -0.139. The van der Waals surface area contributed by atoms with Crippen molar-refractivity contribution in [3.05, 3.63) is 35.1 Å². The minimum atomic E-state index is -0.958. The van der Waals surface area contributed by atoms with Crippen LogP contribution in [0.15, 0.2) is 18.2 Å². The highest BCUT2D eigenvalue weighted by molar-refractivity contribution is 5.69. The minimum absolute atomic E-state index is 0.0217. The predicted octanol–water partition coefficient (Wildman–Crippen LogP) is 1.99. The van der Waals surface area contributed by atoms with Crippen molar-refractivity contribution < 1.29 is 14.3 Å². The summed E-state index contributed by atoms with van der Waals surface area (Å²) in [5.74, 6) is -1.53. The maximum Gasteiger partial charge on any atom is 0.317 e. The SMILES string of the molecule is CC(C)N(CC(=O)O)Cc1cccc(C#N)c1F. The molecule has 1 rings (SSSR count). The smallest absolute Gasteiger partial charge is 0.317 e. The van der Waals surface area contributed by atoms with Crippen molar-refractivity contribution in [1.29, 1.82) is 5.26 Å². The van der Waals surface area contributed by atoms with Crippen LogP contribution < -0.4 is 0 Å². The van der Waals surface area contributed by atoms with E-state index >= 15 is 0 Å². The monoisotopic (exact) mass is 250 g/mol. The van der Waals surface area contributed by atoms with Gasteiger partial charge in [-0.2, -0.15) is 5.26 Å². The summed E-state index contributed by atoms with van der Waals surface area (Å²) in [7, 11) is 0. The van der Waals surface area contributed by atoms with Crippen LogP contribution in [-0.4, -0.2) is 28.6 Å². The van der Waals surface area contributed by atoms with Gasteiger partial charge in [-0.3, -0.25) is 9.69 Å². The van der Waals surface area contributed by atoms with Crippen LogP contribution in [0.2, 0.25) is 0 Å². The van der Waals surface area contributed by atoms with E-state index in [9.17, 15) is 9.18 Å². The lowest BCUT2D eigenvalue weighted by Gasteiger charge is -2.24. The molecule has 96 valence electrons. The molecular formula is C13H15FN2O2. The summed E-state index contributed by atoms with van der Waals surface area (Å²) in [5.41, 5.74) is 0.315. The molecule has 0 amide bonds. The van der Waals surface area contributed by atoms with E-state index < -0.39 is 11.8 Å². The maximum absolute atomic E-state index is 13.8. The standard InChI is InChI=1S/C13H15FN2O2/c1-9(2)16(8-12(17)18)7-11-5-3-4-10(6-15)13(11)14/h3-5,9H,7-8H2,1-2H3,(H,17,18). The van der Waals surface area contributed by atoms with Crippen molar-refractivity contribution in [2.75, 3.05) is 6.54 Å². The Bertz CT molecular complexity index is 480. The fourth-order valence-electron chi connectivity index (χ4n) is 1.60. The molecule has 0 saturated heterocycles. The number of nitriles is 1. The van der Waals surface area contributed by atoms with E-state index in [-0.39, 0.29) is 24.7 Å². The zero-order valence-corrected chi connectivity index (χ0v) is 10.4. The zero-order valence-electron chi connectivity index (χ0n) is 10.4. The van der Waals surface area contributed by atoms with Gasteiger partial charge < -0.3 is 5.11 Å². The molecular weight excluding hydrogens is 235 g/mol. The van der Waals surface area contributed by atoms with Gasteiger partial charge in [-0.05, 0) is 19.9 Å². The van der Waals surface area contributed by atoms with Crippen LogP contribution in [0, 0.1) is 17.1 Å². The summed E-state index contributed by atoms with van der Waals surface area (Å²) in [6, 6.07) is 6.30. The largest absolute Gasteiger partial charge is 0.480 e. The van der Waals surface area contributed by atoms with E-state index in [1.807, 2.05) is 13.8 Å². The molecule has 0 saturated carbocycles. The molecule has 0 heterocycles. The van der Waals surface area contributed by atoms with Gasteiger partial charge in [0.1, 0.15) is 11.9 Å². The topological polar surface area (TPSA) is 64.3 Å². The zero-order chi connectivity index (χ0) is 13.7. The number of carboxylic acid groups (broad SMARTS) is 1. The van der Waals surface area contributed by atoms with Crippen molar-refractivity contribution >= 4 is 5.97 Å². The second-order valence-electron chi connectivity index (χ2n) is 4.28. The van der Waals surface area contributed by atoms with Gasteiger partial charge in [-0.1, -0.05) is 12.1 Å². The minimum Gasteiger partial charge on any atom is -0.480 e. The van der Waals surface area contributed by atoms with Crippen LogP contribution in [-0.2, 0) is 11.3 Å². The summed E-state index contributed by atoms with van der Waals surface area (Å²) in [5, 5.41) is 17.5. The van der Waals surface area contributed by atoms with Crippen molar-refractivity contribution in [3.8, 4) is 6.07 Å². The van der Waals surface area contributed by atoms with Crippen LogP contribution >= 0.6 is 0 Å². The molecule has 1 aromatic rings. The summed E-state index contributed by atoms with van der Waals surface area (Å²) >= 11 is 0. The number of hydrogen-bond acceptors (Lipinski definition) is 3. The molecule has 0 radical (unpaired) electrons. The quantitative estimate of drug-likeness (QED) is 0.868. The molecule has 1 N–H and O–H groups in total. The van der Waals surface area contributed by atoms with Crippen molar-refractivity contribution in [2.45, 2.75) is 26.4 Å². The molecule has 0 aliphatic rings. The van der Waals surface area contributed by atoms with Crippen LogP contribution in [0.4, 0.5) is 4.39 Å². The van der Waals surface area contributed by atoms with Gasteiger partial charge >= 0.3 is 5.97 Å². The maximum atomic E-state index is 13.8. The highest BCUT2D eigenvalue weighted by Crippen LogP contribution is 2.15. The van der Waals surface area contributed by atoms with E-state index in [0.29, 0.717) is 5.56 Å². The van der Waals surface area contributed by atoms with Gasteiger partial charge in [0.05, 0.1) is 12.1 Å². The lowest BCUT2D eigenvalue weighted by atomic mass is 10.1. The average Bonchev–Trinajstić information content (AvgIpc) is 2.30. The number of rotatable bonds is 5. The summed E-state index contributed by atoms with van der Waals surface area (Å²) in [4.78, 5) is 12.4. The number of nitrogens with zero attached hydrogens (tertiary/aromatic N) is 2. The molecule has 18 heavy (non-hydrogen) atoms. The van der Waals surface area contributed by atoms with E-state index in [1.165, 1.54) is 6.07 Å². The van der Waals surface area contributed by atoms with Crippen LogP contribution in [0.5, 0.6) is 0 Å². The number of benzene rings is 1. The Hall–Kier alpha value is -1.93. The Kier molecular flexibility index (Phi) is 4.81. The number of hydrogen-bond donors (Lipinski definition) is 1. The number of halogens is 1. The Morgan fingerprint density at radius 2 is 2.22 bits per heavy atom. The number of carboxylic acids is 1. The molecule has 0 spiro atoms. The van der Waals surface area contributed by atoms with Crippen LogP contribution in [0.3, 0.4) is 0 Å². The predicted molar refractivity (Wildman–Crippen MR) is 64.3 cm³/mol. The Morgan fingerprint density at radius 1 is 1.56 bits per heavy atom. The third kappa shape index (κ3) is 3.54. The van der Waals surface area contributed by atoms with Gasteiger partial charge in [0.2, 0.25) is 0 Å². The highest BCUT2D eigenvalue weighted by Gasteiger charge is 2.16. The Morgan fingerprint density at radius 3 is 2.72 bits per heavy atom. The lowest BCUT2D eigenvalue weighted by Crippen LogP contribution is -2.35. The molecule has 5 heteroatoms. The molecule has 0 aliphatic heterocycles. The van der Waals surface area contributed by atoms with Crippen LogP contribution in [0.1, 0.15) is 25.0 Å². The number of carbonyl (C=O) groups is 1. The summed E-state index contributed by atoms with van der Waals surface area (Å²) < 4.78 is 13.8. The summed E-state index contributed by atoms with van der Waals surface area (Å²) in [6.07, 6.45) is 0. The third-order valence-corrected chi connectivity index (χ3v) is 2.64. The first-order chi connectivity index (χ1) is 8.45. The second-order valence-corrected chi connectivity index (χ2v) is 4.28. The van der Waals surface area contributed by atoms with E-state index in [1.54, 1.807) is 23.1 Å². The van der Waals surface area contributed by atoms with Gasteiger partial charge in [-0.15, -0.1) is 0 Å². The second kappa shape index (κ2) is 6.12. The first-order valence-electron chi connectivity index (χ1n) is 5.59. The van der Waals surface area contributed by atoms with E-state index in [2.05, 4.69) is 0 Å². The van der Waals surface area contributed by atoms with Gasteiger partial charge in [0, 0.05) is 18.2 Å². The van der Waals surface area contributed by atoms with Gasteiger partial charge in [0.25, 0.3) is 0 Å². The molecule has 0 aromatic heterocycles. The molecule has 0 unspecified atom stereocenters. The van der Waals surface area contributed by atoms with Crippen LogP contribution in [0.25, 0.3) is 0 Å². The Labute approximate surface area is 105 Å². The first kappa shape index (κ1) is 14.1. The van der Waals surface area contributed by atoms with Gasteiger partial charge in [0.15, 0.2) is 0 Å². The number of aliphatic carboxylic acids is 1. The van der Waals surface area contributed by atoms with Crippen molar-refractivity contribution in [3.63, 3.8) is 0 Å². The summed E-state index contributed by atoms with van der Waals surface area (Å²) in [6.45, 7) is 3.70. The molecule has 0 bridgehead atoms. The normalized spacial score (nSPS) is 10.7. The van der Waals surface area contributed by atoms with E-state index in [4.69, 9.17) is 10.4 Å². The molecule has 0 atom stereocenters. The van der Waals surface area contributed by atoms with Crippen molar-refractivity contribution in [1.82, 2.24) is 4.90 Å². The fourth-order valence-corrected chi connectivity index (χ4v) is 1.60. The first-order valence-corrected chi connectivity index (χ1v) is 5.59. The Balaban J connectivity index is 2.94. The van der Waals surface area contributed by atoms with Gasteiger partial charge in [-0.25, -0.2) is 4.39 Å². The van der Waals surface area contributed by atoms with E-state index in [0.717, 1.165) is 0 Å². The molecule has 1 aromatic carbocycles. The molecule has 4 nitrogen and oxygen atoms in total.